The second-order valence-electron chi connectivity index (χ2n) is 8.34. The fourth-order valence-electron chi connectivity index (χ4n) is 4.56. The van der Waals surface area contributed by atoms with E-state index in [1.807, 2.05) is 11.8 Å². The molecule has 1 N–H and O–H groups in total. The van der Waals surface area contributed by atoms with Gasteiger partial charge in [-0.1, -0.05) is 6.42 Å². The van der Waals surface area contributed by atoms with Crippen LogP contribution in [0.4, 0.5) is 0 Å². The molecule has 1 saturated carbocycles. The number of aryl methyl sites for hydroxylation is 2. The van der Waals surface area contributed by atoms with Gasteiger partial charge in [-0.15, -0.1) is 0 Å². The van der Waals surface area contributed by atoms with E-state index in [4.69, 9.17) is 4.74 Å². The number of piperidine rings is 1. The molecule has 2 aliphatic heterocycles. The highest BCUT2D eigenvalue weighted by Crippen LogP contribution is 2.29. The molecule has 28 heavy (non-hydrogen) atoms. The van der Waals surface area contributed by atoms with Gasteiger partial charge < -0.3 is 19.9 Å². The third-order valence-electron chi connectivity index (χ3n) is 6.42. The summed E-state index contributed by atoms with van der Waals surface area (Å²) in [6.45, 7) is 5.09. The minimum Gasteiger partial charge on any atom is -0.365 e. The monoisotopic (exact) mass is 389 g/mol. The van der Waals surface area contributed by atoms with Crippen molar-refractivity contribution in [2.45, 2.75) is 57.2 Å². The number of rotatable bonds is 5. The molecule has 0 bridgehead atoms. The van der Waals surface area contributed by atoms with Gasteiger partial charge in [0.1, 0.15) is 12.3 Å². The summed E-state index contributed by atoms with van der Waals surface area (Å²) >= 11 is 0. The van der Waals surface area contributed by atoms with Crippen molar-refractivity contribution in [2.75, 3.05) is 32.8 Å². The van der Waals surface area contributed by atoms with E-state index in [2.05, 4.69) is 15.3 Å². The third kappa shape index (κ3) is 4.07. The summed E-state index contributed by atoms with van der Waals surface area (Å²) in [5, 5.41) is 7.13. The molecule has 8 heteroatoms. The summed E-state index contributed by atoms with van der Waals surface area (Å²) in [5.41, 5.74) is 1.34. The molecule has 0 unspecified atom stereocenters. The van der Waals surface area contributed by atoms with Crippen LogP contribution in [0.5, 0.6) is 0 Å². The average molecular weight is 390 g/mol. The second-order valence-corrected chi connectivity index (χ2v) is 8.34. The van der Waals surface area contributed by atoms with E-state index in [1.54, 1.807) is 17.8 Å². The van der Waals surface area contributed by atoms with Crippen LogP contribution in [0.3, 0.4) is 0 Å². The van der Waals surface area contributed by atoms with E-state index in [0.29, 0.717) is 24.8 Å². The van der Waals surface area contributed by atoms with Crippen molar-refractivity contribution in [2.24, 2.45) is 7.05 Å². The van der Waals surface area contributed by atoms with Crippen LogP contribution >= 0.6 is 0 Å². The Kier molecular flexibility index (Phi) is 5.68. The van der Waals surface area contributed by atoms with Gasteiger partial charge in [-0.2, -0.15) is 5.10 Å². The van der Waals surface area contributed by atoms with E-state index in [0.717, 1.165) is 37.7 Å². The van der Waals surface area contributed by atoms with Gasteiger partial charge in [0.05, 0.1) is 11.8 Å². The number of hydrogen-bond donors (Lipinski definition) is 1. The van der Waals surface area contributed by atoms with Crippen LogP contribution in [0, 0.1) is 6.92 Å². The quantitative estimate of drug-likeness (QED) is 0.802. The van der Waals surface area contributed by atoms with E-state index in [-0.39, 0.29) is 24.5 Å². The normalized spacial score (nSPS) is 25.0. The van der Waals surface area contributed by atoms with Crippen molar-refractivity contribution in [1.29, 1.82) is 0 Å². The molecule has 2 saturated heterocycles. The molecule has 3 aliphatic rings. The zero-order valence-corrected chi connectivity index (χ0v) is 16.9. The molecule has 1 atom stereocenters. The average Bonchev–Trinajstić information content (AvgIpc) is 2.98. The van der Waals surface area contributed by atoms with Crippen molar-refractivity contribution in [3.63, 3.8) is 0 Å². The first-order valence-electron chi connectivity index (χ1n) is 10.4. The van der Waals surface area contributed by atoms with E-state index >= 15 is 0 Å². The lowest BCUT2D eigenvalue weighted by atomic mass is 9.89. The van der Waals surface area contributed by atoms with Crippen molar-refractivity contribution < 1.29 is 14.3 Å². The van der Waals surface area contributed by atoms with Gasteiger partial charge in [-0.3, -0.25) is 14.3 Å². The second kappa shape index (κ2) is 8.21. The number of morpholine rings is 1. The first-order chi connectivity index (χ1) is 13.5. The topological polar surface area (TPSA) is 79.7 Å². The summed E-state index contributed by atoms with van der Waals surface area (Å²) in [7, 11) is 1.76. The zero-order valence-electron chi connectivity index (χ0n) is 16.9. The van der Waals surface area contributed by atoms with Crippen molar-refractivity contribution in [3.8, 4) is 0 Å². The van der Waals surface area contributed by atoms with Gasteiger partial charge in [-0.25, -0.2) is 0 Å². The van der Waals surface area contributed by atoms with Crippen LogP contribution < -0.4 is 5.32 Å². The Morgan fingerprint density at radius 1 is 1.25 bits per heavy atom. The number of amides is 2. The highest BCUT2D eigenvalue weighted by Gasteiger charge is 2.35. The fourth-order valence-corrected chi connectivity index (χ4v) is 4.56. The third-order valence-corrected chi connectivity index (χ3v) is 6.42. The number of nitrogens with zero attached hydrogens (tertiary/aromatic N) is 4. The smallest absolute Gasteiger partial charge is 0.269 e. The van der Waals surface area contributed by atoms with Gasteiger partial charge in [0, 0.05) is 45.3 Å². The number of carbonyl (C=O) groups is 2. The van der Waals surface area contributed by atoms with Crippen LogP contribution in [0.15, 0.2) is 6.07 Å². The van der Waals surface area contributed by atoms with Crippen LogP contribution in [-0.4, -0.2) is 82.4 Å². The Hall–Kier alpha value is -1.93. The summed E-state index contributed by atoms with van der Waals surface area (Å²) in [5.74, 6) is -0.0871. The summed E-state index contributed by atoms with van der Waals surface area (Å²) < 4.78 is 7.26. The van der Waals surface area contributed by atoms with Gasteiger partial charge >= 0.3 is 0 Å². The standard InChI is InChI=1S/C20H31N5O3/c1-14-10-18(23(2)22-14)20(27)21-11-17-12-25(19(26)13-28-17)16-6-8-24(9-7-16)15-4-3-5-15/h10,15-17H,3-9,11-13H2,1-2H3,(H,21,27)/t17-/m0/s1. The first kappa shape index (κ1) is 19.4. The predicted octanol–water partition coefficient (Wildman–Crippen LogP) is 0.703. The Balaban J connectivity index is 1.28. The Morgan fingerprint density at radius 2 is 2.00 bits per heavy atom. The lowest BCUT2D eigenvalue weighted by molar-refractivity contribution is -0.153. The fraction of sp³-hybridized carbons (Fsp3) is 0.750. The Bertz CT molecular complexity index is 721. The molecule has 1 aromatic rings. The number of likely N-dealkylation sites (tertiary alicyclic amines) is 1. The van der Waals surface area contributed by atoms with Crippen LogP contribution in [0.25, 0.3) is 0 Å². The van der Waals surface area contributed by atoms with Gasteiger partial charge in [0.15, 0.2) is 0 Å². The molecule has 4 rings (SSSR count). The molecule has 0 spiro atoms. The molecular formula is C20H31N5O3. The lowest BCUT2D eigenvalue weighted by Crippen LogP contribution is -2.57. The van der Waals surface area contributed by atoms with E-state index < -0.39 is 0 Å². The Morgan fingerprint density at radius 3 is 2.61 bits per heavy atom. The number of carbonyl (C=O) groups excluding carboxylic acids is 2. The number of aromatic nitrogens is 2. The zero-order chi connectivity index (χ0) is 19.7. The molecule has 1 aliphatic carbocycles. The van der Waals surface area contributed by atoms with Gasteiger partial charge in [-0.05, 0) is 38.7 Å². The van der Waals surface area contributed by atoms with Crippen LogP contribution in [0.1, 0.15) is 48.3 Å². The number of hydrogen-bond acceptors (Lipinski definition) is 5. The number of ether oxygens (including phenoxy) is 1. The summed E-state index contributed by atoms with van der Waals surface area (Å²) in [6, 6.07) is 2.84. The largest absolute Gasteiger partial charge is 0.365 e. The highest BCUT2D eigenvalue weighted by molar-refractivity contribution is 5.92. The number of nitrogens with one attached hydrogen (secondary N) is 1. The minimum absolute atomic E-state index is 0.0759. The molecule has 3 heterocycles. The van der Waals surface area contributed by atoms with Crippen LogP contribution in [0.2, 0.25) is 0 Å². The maximum absolute atomic E-state index is 12.4. The molecule has 0 aromatic carbocycles. The molecular weight excluding hydrogens is 358 g/mol. The van der Waals surface area contributed by atoms with E-state index in [9.17, 15) is 9.59 Å². The van der Waals surface area contributed by atoms with Crippen molar-refractivity contribution >= 4 is 11.8 Å². The molecule has 0 radical (unpaired) electrons. The van der Waals surface area contributed by atoms with Crippen LogP contribution in [-0.2, 0) is 16.6 Å². The molecule has 1 aromatic heterocycles. The highest BCUT2D eigenvalue weighted by atomic mass is 16.5. The molecule has 3 fully saturated rings. The summed E-state index contributed by atoms with van der Waals surface area (Å²) in [4.78, 5) is 29.4. The Labute approximate surface area is 166 Å². The van der Waals surface area contributed by atoms with Crippen molar-refractivity contribution in [3.05, 3.63) is 17.5 Å². The SMILES string of the molecule is Cc1cc(C(=O)NC[C@H]2CN(C3CCN(C4CCC4)CC3)C(=O)CO2)n(C)n1. The van der Waals surface area contributed by atoms with E-state index in [1.165, 1.54) is 19.3 Å². The van der Waals surface area contributed by atoms with Gasteiger partial charge in [0.25, 0.3) is 5.91 Å². The molecule has 154 valence electrons. The maximum atomic E-state index is 12.4. The molecule has 2 amide bonds. The predicted molar refractivity (Wildman–Crippen MR) is 104 cm³/mol. The maximum Gasteiger partial charge on any atom is 0.269 e. The minimum atomic E-state index is -0.166. The lowest BCUT2D eigenvalue weighted by Gasteiger charge is -2.45. The first-order valence-corrected chi connectivity index (χ1v) is 10.4. The van der Waals surface area contributed by atoms with Gasteiger partial charge in [0.2, 0.25) is 5.91 Å². The molecule has 8 nitrogen and oxygen atoms in total. The summed E-state index contributed by atoms with van der Waals surface area (Å²) in [6.07, 6.45) is 5.93. The van der Waals surface area contributed by atoms with Crippen molar-refractivity contribution in [1.82, 2.24) is 24.9 Å².